The molecule has 3 aromatic carbocycles. The Hall–Kier alpha value is -3.85. The van der Waals surface area contributed by atoms with Crippen molar-refractivity contribution in [2.24, 2.45) is 0 Å². The molecule has 8 nitrogen and oxygen atoms in total. The van der Waals surface area contributed by atoms with Gasteiger partial charge in [-0.1, -0.05) is 67.6 Å². The monoisotopic (exact) mass is 579 g/mol. The lowest BCUT2D eigenvalue weighted by Crippen LogP contribution is -2.56. The summed E-state index contributed by atoms with van der Waals surface area (Å²) in [6, 6.07) is 23.6. The van der Waals surface area contributed by atoms with Crippen LogP contribution in [0.15, 0.2) is 89.8 Å². The van der Waals surface area contributed by atoms with E-state index in [0.29, 0.717) is 25.2 Å². The lowest BCUT2D eigenvalue weighted by atomic mass is 10.1. The van der Waals surface area contributed by atoms with Crippen LogP contribution in [0.3, 0.4) is 0 Å². The smallest absolute Gasteiger partial charge is 0.264 e. The number of ether oxygens (including phenoxy) is 1. The van der Waals surface area contributed by atoms with Crippen LogP contribution in [0.5, 0.6) is 5.75 Å². The molecule has 1 N–H and O–H groups in total. The fourth-order valence-corrected chi connectivity index (χ4v) is 5.97. The predicted molar refractivity (Wildman–Crippen MR) is 162 cm³/mol. The Morgan fingerprint density at radius 1 is 0.878 bits per heavy atom. The second-order valence-corrected chi connectivity index (χ2v) is 12.6. The number of hydrogen-bond acceptors (Lipinski definition) is 5. The molecule has 0 heterocycles. The zero-order valence-corrected chi connectivity index (χ0v) is 25.4. The third-order valence-corrected chi connectivity index (χ3v) is 8.19. The molecule has 0 spiro atoms. The Labute approximate surface area is 244 Å². The summed E-state index contributed by atoms with van der Waals surface area (Å²) in [6.07, 6.45) is 0.871. The van der Waals surface area contributed by atoms with Crippen molar-refractivity contribution in [1.82, 2.24) is 10.2 Å². The van der Waals surface area contributed by atoms with Gasteiger partial charge in [0.15, 0.2) is 0 Å². The van der Waals surface area contributed by atoms with Crippen LogP contribution in [0.1, 0.15) is 46.6 Å². The van der Waals surface area contributed by atoms with Gasteiger partial charge in [0.05, 0.1) is 17.2 Å². The zero-order valence-electron chi connectivity index (χ0n) is 24.5. The molecule has 0 radical (unpaired) electrons. The molecular weight excluding hydrogens is 538 g/mol. The average Bonchev–Trinajstić information content (AvgIpc) is 2.94. The van der Waals surface area contributed by atoms with Crippen LogP contribution in [0.4, 0.5) is 5.69 Å². The van der Waals surface area contributed by atoms with Crippen molar-refractivity contribution in [2.75, 3.05) is 24.0 Å². The average molecular weight is 580 g/mol. The van der Waals surface area contributed by atoms with E-state index < -0.39 is 34.1 Å². The molecule has 220 valence electrons. The number of rotatable bonds is 13. The van der Waals surface area contributed by atoms with Gasteiger partial charge < -0.3 is 15.0 Å². The molecule has 41 heavy (non-hydrogen) atoms. The molecule has 1 unspecified atom stereocenters. The van der Waals surface area contributed by atoms with Gasteiger partial charge in [0.2, 0.25) is 11.8 Å². The molecule has 0 aliphatic carbocycles. The van der Waals surface area contributed by atoms with E-state index in [9.17, 15) is 18.0 Å². The van der Waals surface area contributed by atoms with Crippen molar-refractivity contribution in [2.45, 2.75) is 63.9 Å². The van der Waals surface area contributed by atoms with Crippen LogP contribution in [0, 0.1) is 0 Å². The third kappa shape index (κ3) is 8.57. The Kier molecular flexibility index (Phi) is 10.9. The largest absolute Gasteiger partial charge is 0.492 e. The molecule has 0 aromatic heterocycles. The summed E-state index contributed by atoms with van der Waals surface area (Å²) in [7, 11) is -4.17. The zero-order chi connectivity index (χ0) is 30.0. The van der Waals surface area contributed by atoms with Crippen molar-refractivity contribution < 1.29 is 22.7 Å². The number of carbonyl (C=O) groups is 2. The molecule has 3 aromatic rings. The normalized spacial score (nSPS) is 12.3. The summed E-state index contributed by atoms with van der Waals surface area (Å²) >= 11 is 0. The quantitative estimate of drug-likeness (QED) is 0.306. The van der Waals surface area contributed by atoms with Gasteiger partial charge in [-0.3, -0.25) is 13.9 Å². The standard InChI is InChI=1S/C32H41N3O5S/c1-6-27(31(37)33-32(3,4)5)34(23-22-25-16-10-8-11-17-25)30(36)24-35(28-20-14-15-21-29(28)40-7-2)41(38,39)26-18-12-9-13-19-26/h8-21,27H,6-7,22-24H2,1-5H3,(H,33,37). The third-order valence-electron chi connectivity index (χ3n) is 6.41. The van der Waals surface area contributed by atoms with Crippen molar-refractivity contribution in [3.8, 4) is 5.75 Å². The van der Waals surface area contributed by atoms with E-state index >= 15 is 0 Å². The first-order valence-corrected chi connectivity index (χ1v) is 15.4. The number of amides is 2. The number of carbonyl (C=O) groups excluding carboxylic acids is 2. The van der Waals surface area contributed by atoms with Gasteiger partial charge in [0.25, 0.3) is 10.0 Å². The fourth-order valence-electron chi connectivity index (χ4n) is 4.52. The van der Waals surface area contributed by atoms with Crippen LogP contribution in [0.2, 0.25) is 0 Å². The number of anilines is 1. The number of sulfonamides is 1. The number of para-hydroxylation sites is 2. The Morgan fingerprint density at radius 3 is 2.05 bits per heavy atom. The molecule has 0 bridgehead atoms. The lowest BCUT2D eigenvalue weighted by Gasteiger charge is -2.35. The molecule has 9 heteroatoms. The number of nitrogens with one attached hydrogen (secondary N) is 1. The minimum absolute atomic E-state index is 0.0486. The highest BCUT2D eigenvalue weighted by molar-refractivity contribution is 7.92. The van der Waals surface area contributed by atoms with E-state index in [1.807, 2.05) is 65.0 Å². The van der Waals surface area contributed by atoms with E-state index in [1.165, 1.54) is 17.0 Å². The summed E-state index contributed by atoms with van der Waals surface area (Å²) in [6.45, 7) is 9.35. The second kappa shape index (κ2) is 14.2. The van der Waals surface area contributed by atoms with Gasteiger partial charge in [0, 0.05) is 12.1 Å². The van der Waals surface area contributed by atoms with Crippen molar-refractivity contribution >= 4 is 27.5 Å². The Bertz CT molecular complexity index is 1390. The molecule has 0 saturated carbocycles. The molecule has 0 aliphatic rings. The highest BCUT2D eigenvalue weighted by atomic mass is 32.2. The van der Waals surface area contributed by atoms with Gasteiger partial charge in [-0.05, 0) is 70.4 Å². The minimum atomic E-state index is -4.17. The van der Waals surface area contributed by atoms with E-state index in [4.69, 9.17) is 4.74 Å². The summed E-state index contributed by atoms with van der Waals surface area (Å²) in [4.78, 5) is 29.1. The predicted octanol–water partition coefficient (Wildman–Crippen LogP) is 5.05. The van der Waals surface area contributed by atoms with Crippen LogP contribution >= 0.6 is 0 Å². The molecule has 3 rings (SSSR count). The molecule has 1 atom stereocenters. The summed E-state index contributed by atoms with van der Waals surface area (Å²) in [5.74, 6) is -0.424. The van der Waals surface area contributed by atoms with E-state index in [1.54, 1.807) is 42.5 Å². The first-order valence-electron chi connectivity index (χ1n) is 13.9. The number of benzene rings is 3. The summed E-state index contributed by atoms with van der Waals surface area (Å²) < 4.78 is 34.9. The van der Waals surface area contributed by atoms with Gasteiger partial charge in [-0.2, -0.15) is 0 Å². The van der Waals surface area contributed by atoms with Gasteiger partial charge in [0.1, 0.15) is 18.3 Å². The first-order chi connectivity index (χ1) is 19.5. The highest BCUT2D eigenvalue weighted by Crippen LogP contribution is 2.32. The van der Waals surface area contributed by atoms with Crippen molar-refractivity contribution in [3.05, 3.63) is 90.5 Å². The van der Waals surface area contributed by atoms with E-state index in [0.717, 1.165) is 9.87 Å². The van der Waals surface area contributed by atoms with Gasteiger partial charge in [-0.25, -0.2) is 8.42 Å². The lowest BCUT2D eigenvalue weighted by molar-refractivity contribution is -0.140. The molecule has 2 amide bonds. The second-order valence-electron chi connectivity index (χ2n) is 10.7. The molecular formula is C32H41N3O5S. The van der Waals surface area contributed by atoms with Crippen molar-refractivity contribution in [1.29, 1.82) is 0 Å². The van der Waals surface area contributed by atoms with Crippen LogP contribution < -0.4 is 14.4 Å². The van der Waals surface area contributed by atoms with Crippen LogP contribution in [-0.2, 0) is 26.0 Å². The topological polar surface area (TPSA) is 96.0 Å². The molecule has 0 saturated heterocycles. The maximum absolute atomic E-state index is 14.2. The first kappa shape index (κ1) is 31.7. The van der Waals surface area contributed by atoms with Crippen LogP contribution in [-0.4, -0.2) is 56.4 Å². The highest BCUT2D eigenvalue weighted by Gasteiger charge is 2.35. The minimum Gasteiger partial charge on any atom is -0.492 e. The number of hydrogen-bond donors (Lipinski definition) is 1. The van der Waals surface area contributed by atoms with E-state index in [2.05, 4.69) is 5.32 Å². The Balaban J connectivity index is 2.06. The SMILES string of the molecule is CCOc1ccccc1N(CC(=O)N(CCc1ccccc1)C(CC)C(=O)NC(C)(C)C)S(=O)(=O)c1ccccc1. The molecule has 0 fully saturated rings. The van der Waals surface area contributed by atoms with E-state index in [-0.39, 0.29) is 23.0 Å². The van der Waals surface area contributed by atoms with Crippen LogP contribution in [0.25, 0.3) is 0 Å². The summed E-state index contributed by atoms with van der Waals surface area (Å²) in [5.41, 5.74) is 0.756. The van der Waals surface area contributed by atoms with Crippen molar-refractivity contribution in [3.63, 3.8) is 0 Å². The van der Waals surface area contributed by atoms with Gasteiger partial charge in [-0.15, -0.1) is 0 Å². The number of nitrogens with zero attached hydrogens (tertiary/aromatic N) is 2. The molecule has 0 aliphatic heterocycles. The maximum atomic E-state index is 14.2. The Morgan fingerprint density at radius 2 is 1.46 bits per heavy atom. The summed E-state index contributed by atoms with van der Waals surface area (Å²) in [5, 5.41) is 2.99. The van der Waals surface area contributed by atoms with Gasteiger partial charge >= 0.3 is 0 Å². The maximum Gasteiger partial charge on any atom is 0.264 e. The fraction of sp³-hybridized carbons (Fsp3) is 0.375.